The second kappa shape index (κ2) is 4.23. The molecule has 19 heavy (non-hydrogen) atoms. The van der Waals surface area contributed by atoms with Gasteiger partial charge in [0.25, 0.3) is 0 Å². The van der Waals surface area contributed by atoms with Crippen LogP contribution in [0.15, 0.2) is 24.3 Å². The average Bonchev–Trinajstić information content (AvgIpc) is 2.88. The number of rotatable bonds is 2. The minimum absolute atomic E-state index is 0.0378. The number of piperidine rings is 1. The number of amides is 1. The Morgan fingerprint density at radius 1 is 1.26 bits per heavy atom. The largest absolute Gasteiger partial charge is 0.492 e. The van der Waals surface area contributed by atoms with Crippen LogP contribution in [0.25, 0.3) is 0 Å². The Morgan fingerprint density at radius 2 is 2.05 bits per heavy atom. The van der Waals surface area contributed by atoms with Crippen molar-refractivity contribution in [2.75, 3.05) is 19.7 Å². The zero-order valence-corrected chi connectivity index (χ0v) is 10.8. The Balaban J connectivity index is 1.40. The molecule has 1 aliphatic carbocycles. The van der Waals surface area contributed by atoms with Crippen molar-refractivity contribution in [1.29, 1.82) is 0 Å². The number of ether oxygens (including phenoxy) is 1. The van der Waals surface area contributed by atoms with Gasteiger partial charge in [0.15, 0.2) is 0 Å². The molecule has 4 rings (SSSR count). The number of hydrogen-bond acceptors (Lipinski definition) is 3. The van der Waals surface area contributed by atoms with Gasteiger partial charge in [-0.25, -0.2) is 0 Å². The monoisotopic (exact) mass is 258 g/mol. The fourth-order valence-corrected chi connectivity index (χ4v) is 3.41. The molecule has 4 heteroatoms. The predicted octanol–water partition coefficient (Wildman–Crippen LogP) is 0.572. The summed E-state index contributed by atoms with van der Waals surface area (Å²) in [6.07, 6.45) is 0.794. The van der Waals surface area contributed by atoms with Crippen LogP contribution in [0.3, 0.4) is 0 Å². The normalized spacial score (nSPS) is 34.9. The van der Waals surface area contributed by atoms with Crippen LogP contribution in [0.5, 0.6) is 5.75 Å². The number of carbonyl (C=O) groups excluding carboxylic acids is 1. The van der Waals surface area contributed by atoms with Gasteiger partial charge in [0.05, 0.1) is 5.92 Å². The molecule has 100 valence electrons. The summed E-state index contributed by atoms with van der Waals surface area (Å²) in [6.45, 7) is 2.61. The lowest BCUT2D eigenvalue weighted by Crippen LogP contribution is -2.40. The highest BCUT2D eigenvalue weighted by atomic mass is 16.5. The number of benzene rings is 1. The second-order valence-electron chi connectivity index (χ2n) is 5.84. The molecule has 3 atom stereocenters. The van der Waals surface area contributed by atoms with Crippen molar-refractivity contribution in [3.63, 3.8) is 0 Å². The zero-order chi connectivity index (χ0) is 12.8. The summed E-state index contributed by atoms with van der Waals surface area (Å²) in [4.78, 5) is 12.3. The smallest absolute Gasteiger partial charge is 0.227 e. The van der Waals surface area contributed by atoms with Crippen LogP contribution in [0.1, 0.15) is 5.56 Å². The van der Waals surface area contributed by atoms with Gasteiger partial charge in [-0.2, -0.15) is 0 Å². The minimum atomic E-state index is -0.0378. The third-order valence-corrected chi connectivity index (χ3v) is 4.65. The fourth-order valence-electron chi connectivity index (χ4n) is 3.41. The summed E-state index contributed by atoms with van der Waals surface area (Å²) < 4.78 is 5.68. The molecular weight excluding hydrogens is 240 g/mol. The highest BCUT2D eigenvalue weighted by Gasteiger charge is 2.53. The number of hydrogen-bond donors (Lipinski definition) is 2. The average molecular weight is 258 g/mol. The van der Waals surface area contributed by atoms with Crippen LogP contribution in [0, 0.1) is 17.8 Å². The van der Waals surface area contributed by atoms with Gasteiger partial charge in [-0.15, -0.1) is 0 Å². The van der Waals surface area contributed by atoms with E-state index < -0.39 is 0 Å². The van der Waals surface area contributed by atoms with Gasteiger partial charge in [0.2, 0.25) is 5.91 Å². The maximum Gasteiger partial charge on any atom is 0.227 e. The maximum absolute atomic E-state index is 12.3. The summed E-state index contributed by atoms with van der Waals surface area (Å²) in [5, 5.41) is 6.54. The van der Waals surface area contributed by atoms with E-state index in [4.69, 9.17) is 4.74 Å². The van der Waals surface area contributed by atoms with Crippen LogP contribution in [-0.2, 0) is 11.2 Å². The number of carbonyl (C=O) groups is 1. The van der Waals surface area contributed by atoms with Gasteiger partial charge in [-0.05, 0) is 29.9 Å². The lowest BCUT2D eigenvalue weighted by atomic mass is 9.96. The first-order valence-corrected chi connectivity index (χ1v) is 7.05. The molecule has 0 spiro atoms. The zero-order valence-electron chi connectivity index (χ0n) is 10.8. The molecule has 0 aromatic heterocycles. The van der Waals surface area contributed by atoms with Crippen molar-refractivity contribution < 1.29 is 9.53 Å². The first-order valence-electron chi connectivity index (χ1n) is 7.05. The SMILES string of the molecule is O=C(NC1C2CNCC21)C1COc2ccccc2C1. The van der Waals surface area contributed by atoms with Crippen LogP contribution in [-0.4, -0.2) is 31.6 Å². The fraction of sp³-hybridized carbons (Fsp3) is 0.533. The van der Waals surface area contributed by atoms with Crippen LogP contribution in [0.2, 0.25) is 0 Å². The van der Waals surface area contributed by atoms with Crippen molar-refractivity contribution in [2.24, 2.45) is 17.8 Å². The van der Waals surface area contributed by atoms with E-state index in [1.807, 2.05) is 24.3 Å². The van der Waals surface area contributed by atoms with Gasteiger partial charge in [0, 0.05) is 19.1 Å². The Hall–Kier alpha value is -1.55. The number of nitrogens with one attached hydrogen (secondary N) is 2. The Morgan fingerprint density at radius 3 is 2.89 bits per heavy atom. The molecule has 4 nitrogen and oxygen atoms in total. The molecule has 3 aliphatic rings. The Kier molecular flexibility index (Phi) is 2.52. The van der Waals surface area contributed by atoms with Crippen LogP contribution < -0.4 is 15.4 Å². The predicted molar refractivity (Wildman–Crippen MR) is 70.9 cm³/mol. The van der Waals surface area contributed by atoms with E-state index >= 15 is 0 Å². The maximum atomic E-state index is 12.3. The van der Waals surface area contributed by atoms with E-state index in [1.165, 1.54) is 0 Å². The van der Waals surface area contributed by atoms with E-state index in [-0.39, 0.29) is 11.8 Å². The molecule has 3 unspecified atom stereocenters. The van der Waals surface area contributed by atoms with Crippen molar-refractivity contribution in [1.82, 2.24) is 10.6 Å². The molecule has 2 aliphatic heterocycles. The van der Waals surface area contributed by atoms with Gasteiger partial charge in [-0.1, -0.05) is 18.2 Å². The van der Waals surface area contributed by atoms with E-state index in [9.17, 15) is 4.79 Å². The lowest BCUT2D eigenvalue weighted by molar-refractivity contribution is -0.126. The molecule has 2 heterocycles. The molecule has 1 aromatic carbocycles. The van der Waals surface area contributed by atoms with Crippen LogP contribution >= 0.6 is 0 Å². The topological polar surface area (TPSA) is 50.4 Å². The summed E-state index contributed by atoms with van der Waals surface area (Å²) in [6, 6.07) is 8.40. The van der Waals surface area contributed by atoms with Crippen molar-refractivity contribution >= 4 is 5.91 Å². The van der Waals surface area contributed by atoms with E-state index in [2.05, 4.69) is 10.6 Å². The molecule has 0 bridgehead atoms. The highest BCUT2D eigenvalue weighted by molar-refractivity contribution is 5.80. The summed E-state index contributed by atoms with van der Waals surface area (Å²) in [5.41, 5.74) is 1.14. The molecule has 1 saturated heterocycles. The third-order valence-electron chi connectivity index (χ3n) is 4.65. The first-order chi connectivity index (χ1) is 9.33. The lowest BCUT2D eigenvalue weighted by Gasteiger charge is -2.24. The van der Waals surface area contributed by atoms with E-state index in [0.29, 0.717) is 24.5 Å². The van der Waals surface area contributed by atoms with Gasteiger partial charge < -0.3 is 15.4 Å². The van der Waals surface area contributed by atoms with Gasteiger partial charge in [0.1, 0.15) is 12.4 Å². The second-order valence-corrected chi connectivity index (χ2v) is 5.84. The summed E-state index contributed by atoms with van der Waals surface area (Å²) in [7, 11) is 0. The van der Waals surface area contributed by atoms with Crippen molar-refractivity contribution in [2.45, 2.75) is 12.5 Å². The first kappa shape index (κ1) is 11.3. The quantitative estimate of drug-likeness (QED) is 0.815. The summed E-state index contributed by atoms with van der Waals surface area (Å²) in [5.74, 6) is 2.39. The van der Waals surface area contributed by atoms with Crippen LogP contribution in [0.4, 0.5) is 0 Å². The molecule has 1 saturated carbocycles. The molecule has 0 radical (unpaired) electrons. The van der Waals surface area contributed by atoms with Gasteiger partial charge in [-0.3, -0.25) is 4.79 Å². The third kappa shape index (κ3) is 1.91. The Bertz CT molecular complexity index is 507. The standard InChI is InChI=1S/C15H18N2O2/c18-15(17-14-11-6-16-7-12(11)14)10-5-9-3-1-2-4-13(9)19-8-10/h1-4,10-12,14,16H,5-8H2,(H,17,18). The molecular formula is C15H18N2O2. The molecule has 1 aromatic rings. The molecule has 1 amide bonds. The van der Waals surface area contributed by atoms with E-state index in [1.54, 1.807) is 0 Å². The highest BCUT2D eigenvalue weighted by Crippen LogP contribution is 2.41. The van der Waals surface area contributed by atoms with Crippen molar-refractivity contribution in [3.05, 3.63) is 29.8 Å². The Labute approximate surface area is 112 Å². The van der Waals surface area contributed by atoms with E-state index in [0.717, 1.165) is 30.8 Å². The summed E-state index contributed by atoms with van der Waals surface area (Å²) >= 11 is 0. The minimum Gasteiger partial charge on any atom is -0.492 e. The van der Waals surface area contributed by atoms with Gasteiger partial charge >= 0.3 is 0 Å². The van der Waals surface area contributed by atoms with Crippen molar-refractivity contribution in [3.8, 4) is 5.75 Å². The molecule has 2 N–H and O–H groups in total. The number of para-hydroxylation sites is 1. The number of fused-ring (bicyclic) bond motifs is 2. The molecule has 2 fully saturated rings.